The molecule has 1 unspecified atom stereocenters. The minimum absolute atomic E-state index is 0.394. The van der Waals surface area contributed by atoms with Crippen LogP contribution in [0.4, 0.5) is 5.69 Å². The number of aromatic nitrogens is 1. The molecule has 1 N–H and O–H groups in total. The first-order valence-corrected chi connectivity index (χ1v) is 8.52. The smallest absolute Gasteiger partial charge is 0.0574 e. The van der Waals surface area contributed by atoms with Gasteiger partial charge in [-0.3, -0.25) is 4.98 Å². The Morgan fingerprint density at radius 1 is 1.32 bits per heavy atom. The van der Waals surface area contributed by atoms with E-state index in [4.69, 9.17) is 0 Å². The third-order valence-electron chi connectivity index (χ3n) is 3.55. The minimum Gasteiger partial charge on any atom is -0.369 e. The largest absolute Gasteiger partial charge is 0.369 e. The molecule has 0 amide bonds. The van der Waals surface area contributed by atoms with Gasteiger partial charge in [-0.1, -0.05) is 13.8 Å². The Kier molecular flexibility index (Phi) is 5.98. The van der Waals surface area contributed by atoms with Crippen molar-refractivity contribution in [3.8, 4) is 0 Å². The molecule has 1 aromatic heterocycles. The van der Waals surface area contributed by atoms with Crippen molar-refractivity contribution in [2.24, 2.45) is 0 Å². The lowest BCUT2D eigenvalue weighted by Gasteiger charge is -2.28. The monoisotopic (exact) mass is 279 g/mol. The summed E-state index contributed by atoms with van der Waals surface area (Å²) >= 11 is 2.04. The van der Waals surface area contributed by atoms with E-state index in [1.165, 1.54) is 29.3 Å². The fourth-order valence-corrected chi connectivity index (χ4v) is 3.29. The van der Waals surface area contributed by atoms with Gasteiger partial charge < -0.3 is 10.2 Å². The van der Waals surface area contributed by atoms with E-state index in [2.05, 4.69) is 41.2 Å². The molecule has 0 spiro atoms. The molecule has 0 radical (unpaired) electrons. The normalized spacial score (nSPS) is 17.5. The van der Waals surface area contributed by atoms with Crippen LogP contribution in [0.2, 0.25) is 0 Å². The van der Waals surface area contributed by atoms with Gasteiger partial charge in [0.25, 0.3) is 0 Å². The van der Waals surface area contributed by atoms with Crippen molar-refractivity contribution in [2.45, 2.75) is 32.7 Å². The van der Waals surface area contributed by atoms with Crippen LogP contribution in [-0.2, 0) is 0 Å². The molecule has 0 aliphatic carbocycles. The van der Waals surface area contributed by atoms with E-state index >= 15 is 0 Å². The van der Waals surface area contributed by atoms with Crippen LogP contribution in [0.3, 0.4) is 0 Å². The summed E-state index contributed by atoms with van der Waals surface area (Å²) in [6, 6.07) is 4.81. The summed E-state index contributed by atoms with van der Waals surface area (Å²) in [6.45, 7) is 7.77. The van der Waals surface area contributed by atoms with Crippen LogP contribution in [0.5, 0.6) is 0 Å². The highest BCUT2D eigenvalue weighted by Gasteiger charge is 2.13. The number of nitrogens with one attached hydrogen (secondary N) is 1. The van der Waals surface area contributed by atoms with E-state index in [0.717, 1.165) is 26.1 Å². The predicted octanol–water partition coefficient (Wildman–Crippen LogP) is 3.09. The summed E-state index contributed by atoms with van der Waals surface area (Å²) < 4.78 is 0. The minimum atomic E-state index is 0.394. The van der Waals surface area contributed by atoms with Crippen LogP contribution in [0.1, 0.15) is 38.4 Å². The molecule has 1 aliphatic rings. The van der Waals surface area contributed by atoms with Crippen molar-refractivity contribution in [2.75, 3.05) is 36.0 Å². The van der Waals surface area contributed by atoms with E-state index in [9.17, 15) is 0 Å². The molecule has 1 fully saturated rings. The number of rotatable bonds is 6. The Balaban J connectivity index is 1.99. The van der Waals surface area contributed by atoms with Gasteiger partial charge in [0.2, 0.25) is 0 Å². The number of hydrogen-bond acceptors (Lipinski definition) is 4. The van der Waals surface area contributed by atoms with Gasteiger partial charge in [-0.15, -0.1) is 0 Å². The number of anilines is 1. The van der Waals surface area contributed by atoms with Gasteiger partial charge in [-0.05, 0) is 31.5 Å². The fourth-order valence-electron chi connectivity index (χ4n) is 2.39. The van der Waals surface area contributed by atoms with Gasteiger partial charge in [0.1, 0.15) is 0 Å². The molecule has 1 aromatic rings. The predicted molar refractivity (Wildman–Crippen MR) is 85.1 cm³/mol. The molecule has 0 saturated carbocycles. The van der Waals surface area contributed by atoms with Crippen molar-refractivity contribution in [1.82, 2.24) is 10.3 Å². The van der Waals surface area contributed by atoms with Gasteiger partial charge in [-0.2, -0.15) is 11.8 Å². The molecule has 19 heavy (non-hydrogen) atoms. The van der Waals surface area contributed by atoms with Gasteiger partial charge in [0.05, 0.1) is 17.6 Å². The lowest BCUT2D eigenvalue weighted by molar-refractivity contribution is 0.507. The molecular formula is C15H25N3S. The van der Waals surface area contributed by atoms with E-state index in [1.807, 2.05) is 18.0 Å². The summed E-state index contributed by atoms with van der Waals surface area (Å²) in [4.78, 5) is 7.11. The maximum atomic E-state index is 4.67. The van der Waals surface area contributed by atoms with Crippen LogP contribution in [-0.4, -0.2) is 36.1 Å². The highest BCUT2D eigenvalue weighted by molar-refractivity contribution is 7.99. The van der Waals surface area contributed by atoms with Gasteiger partial charge in [0, 0.05) is 30.6 Å². The Labute approximate surface area is 121 Å². The number of pyridine rings is 1. The fraction of sp³-hybridized carbons (Fsp3) is 0.667. The molecular weight excluding hydrogens is 254 g/mol. The van der Waals surface area contributed by atoms with Gasteiger partial charge in [0.15, 0.2) is 0 Å². The van der Waals surface area contributed by atoms with Crippen LogP contribution in [0, 0.1) is 0 Å². The van der Waals surface area contributed by atoms with E-state index in [0.29, 0.717) is 6.04 Å². The van der Waals surface area contributed by atoms with Crippen LogP contribution in [0.25, 0.3) is 0 Å². The third kappa shape index (κ3) is 4.11. The first kappa shape index (κ1) is 14.7. The molecule has 3 nitrogen and oxygen atoms in total. The van der Waals surface area contributed by atoms with E-state index < -0.39 is 0 Å². The zero-order valence-electron chi connectivity index (χ0n) is 12.1. The molecule has 4 heteroatoms. The van der Waals surface area contributed by atoms with Crippen molar-refractivity contribution in [3.63, 3.8) is 0 Å². The Morgan fingerprint density at radius 2 is 2.11 bits per heavy atom. The van der Waals surface area contributed by atoms with Crippen molar-refractivity contribution in [1.29, 1.82) is 0 Å². The summed E-state index contributed by atoms with van der Waals surface area (Å²) in [5.74, 6) is 2.47. The van der Waals surface area contributed by atoms with Crippen molar-refractivity contribution >= 4 is 17.4 Å². The highest BCUT2D eigenvalue weighted by atomic mass is 32.2. The second-order valence-electron chi connectivity index (χ2n) is 4.96. The van der Waals surface area contributed by atoms with Gasteiger partial charge in [-0.25, -0.2) is 0 Å². The first-order valence-electron chi connectivity index (χ1n) is 7.37. The quantitative estimate of drug-likeness (QED) is 0.866. The lowest BCUT2D eigenvalue weighted by Crippen LogP contribution is -2.32. The molecule has 106 valence electrons. The Bertz CT molecular complexity index is 360. The van der Waals surface area contributed by atoms with E-state index in [1.54, 1.807) is 0 Å². The maximum absolute atomic E-state index is 4.67. The molecule has 0 aromatic carbocycles. The standard InChI is InChI=1S/C15H25N3S/c1-3-7-16-14(4-2)15-6-5-13(12-17-15)18-8-10-19-11-9-18/h5-6,12,14,16H,3-4,7-11H2,1-2H3. The second kappa shape index (κ2) is 7.75. The second-order valence-corrected chi connectivity index (χ2v) is 6.18. The molecule has 2 heterocycles. The van der Waals surface area contributed by atoms with E-state index in [-0.39, 0.29) is 0 Å². The molecule has 1 atom stereocenters. The maximum Gasteiger partial charge on any atom is 0.0574 e. The number of hydrogen-bond donors (Lipinski definition) is 1. The third-order valence-corrected chi connectivity index (χ3v) is 4.50. The zero-order chi connectivity index (χ0) is 13.5. The summed E-state index contributed by atoms with van der Waals surface area (Å²) in [5, 5.41) is 3.55. The molecule has 0 bridgehead atoms. The van der Waals surface area contributed by atoms with Crippen LogP contribution >= 0.6 is 11.8 Å². The average Bonchev–Trinajstić information content (AvgIpc) is 2.49. The molecule has 1 aliphatic heterocycles. The highest BCUT2D eigenvalue weighted by Crippen LogP contribution is 2.21. The zero-order valence-corrected chi connectivity index (χ0v) is 12.9. The van der Waals surface area contributed by atoms with Crippen molar-refractivity contribution in [3.05, 3.63) is 24.0 Å². The lowest BCUT2D eigenvalue weighted by atomic mass is 10.1. The van der Waals surface area contributed by atoms with Crippen molar-refractivity contribution < 1.29 is 0 Å². The van der Waals surface area contributed by atoms with Gasteiger partial charge >= 0.3 is 0 Å². The van der Waals surface area contributed by atoms with Crippen LogP contribution < -0.4 is 10.2 Å². The SMILES string of the molecule is CCCNC(CC)c1ccc(N2CCSCC2)cn1. The first-order chi connectivity index (χ1) is 9.35. The summed E-state index contributed by atoms with van der Waals surface area (Å²) in [6.07, 6.45) is 4.30. The average molecular weight is 279 g/mol. The Morgan fingerprint density at radius 3 is 2.68 bits per heavy atom. The Hall–Kier alpha value is -0.740. The summed E-state index contributed by atoms with van der Waals surface area (Å²) in [7, 11) is 0. The summed E-state index contributed by atoms with van der Waals surface area (Å²) in [5.41, 5.74) is 2.44. The number of thioether (sulfide) groups is 1. The van der Waals surface area contributed by atoms with Crippen LogP contribution in [0.15, 0.2) is 18.3 Å². The molecule has 1 saturated heterocycles. The number of nitrogens with zero attached hydrogens (tertiary/aromatic N) is 2. The topological polar surface area (TPSA) is 28.2 Å². The molecule has 2 rings (SSSR count).